The summed E-state index contributed by atoms with van der Waals surface area (Å²) in [6, 6.07) is 11.2. The lowest BCUT2D eigenvalue weighted by Gasteiger charge is -2.21. The molecule has 208 valence electrons. The van der Waals surface area contributed by atoms with Crippen molar-refractivity contribution in [3.8, 4) is 0 Å². The summed E-state index contributed by atoms with van der Waals surface area (Å²) in [5.74, 6) is -1.56. The van der Waals surface area contributed by atoms with Crippen LogP contribution in [0.2, 0.25) is 0 Å². The van der Waals surface area contributed by atoms with Crippen molar-refractivity contribution in [3.05, 3.63) is 70.3 Å². The van der Waals surface area contributed by atoms with Gasteiger partial charge in [0.1, 0.15) is 0 Å². The fourth-order valence-electron chi connectivity index (χ4n) is 3.69. The second kappa shape index (κ2) is 13.0. The number of nitrogens with zero attached hydrogens (tertiary/aromatic N) is 2. The third kappa shape index (κ3) is 8.77. The Labute approximate surface area is 224 Å². The van der Waals surface area contributed by atoms with Gasteiger partial charge in [-0.05, 0) is 75.3 Å². The molecular weight excluding hydrogens is 512 g/mol. The maximum absolute atomic E-state index is 11.0. The molecule has 1 N–H and O–H groups in total. The van der Waals surface area contributed by atoms with E-state index in [1.54, 1.807) is 13.0 Å². The van der Waals surface area contributed by atoms with E-state index in [-0.39, 0.29) is 13.2 Å². The summed E-state index contributed by atoms with van der Waals surface area (Å²) in [4.78, 5) is 8.96. The Morgan fingerprint density at radius 3 is 1.68 bits per heavy atom. The van der Waals surface area contributed by atoms with Gasteiger partial charge in [-0.25, -0.2) is 9.97 Å². The van der Waals surface area contributed by atoms with E-state index >= 15 is 0 Å². The first kappa shape index (κ1) is 30.0. The smallest absolute Gasteiger partial charge is 0.264 e. The average molecular weight is 549 g/mol. The Hall–Kier alpha value is -2.51. The van der Waals surface area contributed by atoms with Crippen LogP contribution in [0.4, 0.5) is 0 Å². The van der Waals surface area contributed by atoms with Crippen LogP contribution >= 0.6 is 0 Å². The summed E-state index contributed by atoms with van der Waals surface area (Å²) in [7, 11) is -3.44. The van der Waals surface area contributed by atoms with E-state index in [9.17, 15) is 8.42 Å². The van der Waals surface area contributed by atoms with Gasteiger partial charge in [-0.3, -0.25) is 4.18 Å². The van der Waals surface area contributed by atoms with E-state index in [0.29, 0.717) is 37.8 Å². The molecule has 2 aliphatic heterocycles. The van der Waals surface area contributed by atoms with Crippen LogP contribution in [0, 0.1) is 0 Å². The highest BCUT2D eigenvalue weighted by Crippen LogP contribution is 2.30. The average Bonchev–Trinajstić information content (AvgIpc) is 3.53. The largest absolute Gasteiger partial charge is 0.392 e. The molecule has 0 aromatic carbocycles. The van der Waals surface area contributed by atoms with Crippen molar-refractivity contribution in [2.24, 2.45) is 0 Å². The lowest BCUT2D eigenvalue weighted by Crippen LogP contribution is -2.24. The molecule has 0 aliphatic carbocycles. The quantitative estimate of drug-likeness (QED) is 0.491. The van der Waals surface area contributed by atoms with Crippen molar-refractivity contribution in [1.29, 1.82) is 0 Å². The second-order valence-electron chi connectivity index (χ2n) is 9.29. The molecule has 0 atom stereocenters. The third-order valence-electron chi connectivity index (χ3n) is 5.69. The van der Waals surface area contributed by atoms with Crippen molar-refractivity contribution < 1.29 is 36.7 Å². The number of pyridine rings is 2. The first-order chi connectivity index (χ1) is 17.9. The highest BCUT2D eigenvalue weighted by atomic mass is 32.2. The summed E-state index contributed by atoms with van der Waals surface area (Å²) in [5.41, 5.74) is 4.56. The summed E-state index contributed by atoms with van der Waals surface area (Å²) < 4.78 is 48.9. The molecule has 2 aliphatic rings. The van der Waals surface area contributed by atoms with Crippen molar-refractivity contribution >= 4 is 22.3 Å². The van der Waals surface area contributed by atoms with Crippen molar-refractivity contribution in [1.82, 2.24) is 9.97 Å². The van der Waals surface area contributed by atoms with Gasteiger partial charge in [0, 0.05) is 0 Å². The monoisotopic (exact) mass is 548 g/mol. The Balaban J connectivity index is 0.000000215. The van der Waals surface area contributed by atoms with Crippen molar-refractivity contribution in [2.75, 3.05) is 45.9 Å². The molecule has 2 saturated heterocycles. The number of aliphatic hydroxyl groups excluding tert-OH is 1. The molecule has 0 saturated carbocycles. The zero-order valence-electron chi connectivity index (χ0n) is 22.5. The molecule has 0 bridgehead atoms. The van der Waals surface area contributed by atoms with Gasteiger partial charge in [0.2, 0.25) is 11.6 Å². The zero-order chi connectivity index (χ0) is 27.8. The fourth-order valence-corrected chi connectivity index (χ4v) is 4.09. The molecule has 10 nitrogen and oxygen atoms in total. The minimum absolute atomic E-state index is 0.00894. The van der Waals surface area contributed by atoms with Crippen molar-refractivity contribution in [2.45, 2.75) is 39.3 Å². The normalized spacial score (nSPS) is 19.2. The van der Waals surface area contributed by atoms with Crippen LogP contribution in [0.1, 0.15) is 50.5 Å². The van der Waals surface area contributed by atoms with E-state index in [4.69, 9.17) is 28.2 Å². The topological polar surface area (TPSA) is 126 Å². The molecule has 2 fully saturated rings. The van der Waals surface area contributed by atoms with Gasteiger partial charge >= 0.3 is 0 Å². The van der Waals surface area contributed by atoms with Gasteiger partial charge in [0.25, 0.3) is 10.1 Å². The number of hydrogen-bond acceptors (Lipinski definition) is 10. The lowest BCUT2D eigenvalue weighted by molar-refractivity contribution is -0.153. The number of aliphatic hydroxyl groups is 1. The molecule has 38 heavy (non-hydrogen) atoms. The fraction of sp³-hybridized carbons (Fsp3) is 0.481. The van der Waals surface area contributed by atoms with Crippen LogP contribution in [0.25, 0.3) is 12.2 Å². The number of rotatable bonds is 8. The molecule has 4 heterocycles. The Morgan fingerprint density at radius 1 is 0.868 bits per heavy atom. The molecule has 2 aromatic rings. The maximum atomic E-state index is 11.0. The van der Waals surface area contributed by atoms with Gasteiger partial charge in [-0.2, -0.15) is 8.42 Å². The minimum atomic E-state index is -3.44. The molecule has 0 spiro atoms. The third-order valence-corrected chi connectivity index (χ3v) is 6.23. The standard InChI is InChI=1S/C14H19NO5S.C13H17NO3/c1-11(10-20-21(3,16)17)9-12-5-4-6-13(15-12)14(2)18-7-8-19-14;1-10(9-15)8-11-4-3-5-12(14-11)13(2)16-6-7-17-13/h4-6,9H,7-8,10H2,1-3H3;3-5,8,15H,6-7,9H2,1-2H3/b11-9+;10-8+. The van der Waals surface area contributed by atoms with Crippen molar-refractivity contribution in [3.63, 3.8) is 0 Å². The predicted molar refractivity (Wildman–Crippen MR) is 142 cm³/mol. The van der Waals surface area contributed by atoms with E-state index in [0.717, 1.165) is 28.8 Å². The van der Waals surface area contributed by atoms with Gasteiger partial charge in [0.15, 0.2) is 0 Å². The summed E-state index contributed by atoms with van der Waals surface area (Å²) in [6.07, 6.45) is 4.64. The maximum Gasteiger partial charge on any atom is 0.264 e. The summed E-state index contributed by atoms with van der Waals surface area (Å²) in [6.45, 7) is 9.65. The van der Waals surface area contributed by atoms with Gasteiger partial charge in [-0.1, -0.05) is 12.1 Å². The van der Waals surface area contributed by atoms with Crippen LogP contribution in [-0.4, -0.2) is 69.4 Å². The Morgan fingerprint density at radius 2 is 1.29 bits per heavy atom. The first-order valence-corrected chi connectivity index (χ1v) is 14.0. The lowest BCUT2D eigenvalue weighted by atomic mass is 10.1. The summed E-state index contributed by atoms with van der Waals surface area (Å²) >= 11 is 0. The van der Waals surface area contributed by atoms with Crippen LogP contribution in [0.3, 0.4) is 0 Å². The molecule has 0 unspecified atom stereocenters. The molecule has 0 amide bonds. The highest BCUT2D eigenvalue weighted by Gasteiger charge is 2.35. The summed E-state index contributed by atoms with van der Waals surface area (Å²) in [5, 5.41) is 8.98. The van der Waals surface area contributed by atoms with Gasteiger partial charge < -0.3 is 24.1 Å². The van der Waals surface area contributed by atoms with Gasteiger partial charge in [-0.15, -0.1) is 0 Å². The highest BCUT2D eigenvalue weighted by molar-refractivity contribution is 7.86. The van der Waals surface area contributed by atoms with Gasteiger partial charge in [0.05, 0.1) is 68.7 Å². The van der Waals surface area contributed by atoms with Crippen LogP contribution in [0.5, 0.6) is 0 Å². The van der Waals surface area contributed by atoms with E-state index < -0.39 is 21.7 Å². The van der Waals surface area contributed by atoms with Crippen LogP contribution in [-0.2, 0) is 44.8 Å². The van der Waals surface area contributed by atoms with E-state index in [1.807, 2.05) is 63.2 Å². The number of ether oxygens (including phenoxy) is 4. The SMILES string of the molecule is C/C(=C\c1cccc(C2(C)OCCO2)n1)CO.C/C(=C\c1cccc(C2(C)OCCO2)n1)COS(C)(=O)=O. The molecule has 11 heteroatoms. The minimum Gasteiger partial charge on any atom is -0.392 e. The zero-order valence-corrected chi connectivity index (χ0v) is 23.3. The second-order valence-corrected chi connectivity index (χ2v) is 10.9. The molecule has 2 aromatic heterocycles. The van der Waals surface area contributed by atoms with Crippen LogP contribution < -0.4 is 0 Å². The molecular formula is C27H36N2O8S. The number of aromatic nitrogens is 2. The predicted octanol–water partition coefficient (Wildman–Crippen LogP) is 3.38. The Kier molecular flexibility index (Phi) is 10.3. The molecule has 0 radical (unpaired) electrons. The molecule has 4 rings (SSSR count). The number of hydrogen-bond donors (Lipinski definition) is 1. The van der Waals surface area contributed by atoms with Crippen LogP contribution in [0.15, 0.2) is 47.5 Å². The Bertz CT molecular complexity index is 1250. The van der Waals surface area contributed by atoms with E-state index in [2.05, 4.69) is 9.97 Å². The van der Waals surface area contributed by atoms with E-state index in [1.165, 1.54) is 0 Å². The first-order valence-electron chi connectivity index (χ1n) is 12.2.